The quantitative estimate of drug-likeness (QED) is 0.721. The molecule has 1 aromatic rings. The van der Waals surface area contributed by atoms with E-state index in [1.165, 1.54) is 11.3 Å². The molecule has 0 amide bonds. The average Bonchev–Trinajstić information content (AvgIpc) is 2.50. The lowest BCUT2D eigenvalue weighted by molar-refractivity contribution is -0.137. The number of aliphatic carboxylic acids is 1. The molecule has 1 aromatic heterocycles. The number of carbonyl (C=O) groups is 1. The molecule has 0 spiro atoms. The van der Waals surface area contributed by atoms with Crippen molar-refractivity contribution in [2.45, 2.75) is 19.4 Å². The summed E-state index contributed by atoms with van der Waals surface area (Å²) in [6.45, 7) is 5.31. The summed E-state index contributed by atoms with van der Waals surface area (Å²) in [6, 6.07) is -0.681. The van der Waals surface area contributed by atoms with Crippen LogP contribution in [0.5, 0.6) is 0 Å². The van der Waals surface area contributed by atoms with Crippen LogP contribution in [0.4, 0.5) is 5.13 Å². The number of carboxylic acids is 1. The first kappa shape index (κ1) is 10.6. The summed E-state index contributed by atoms with van der Waals surface area (Å²) in [5.74, 6) is -0.919. The predicted molar refractivity (Wildman–Crippen MR) is 54.5 cm³/mol. The van der Waals surface area contributed by atoms with Crippen LogP contribution in [-0.2, 0) is 4.79 Å². The van der Waals surface area contributed by atoms with Gasteiger partial charge in [-0.1, -0.05) is 17.4 Å². The number of nitrogens with one attached hydrogen (secondary N) is 1. The van der Waals surface area contributed by atoms with Gasteiger partial charge in [-0.3, -0.25) is 0 Å². The smallest absolute Gasteiger partial charge is 0.326 e. The molecule has 0 aliphatic carbocycles. The molecule has 0 aliphatic heterocycles. The van der Waals surface area contributed by atoms with E-state index in [0.29, 0.717) is 11.6 Å². The summed E-state index contributed by atoms with van der Waals surface area (Å²) in [6.07, 6.45) is 1.91. The highest BCUT2D eigenvalue weighted by atomic mass is 32.1. The topological polar surface area (TPSA) is 75.1 Å². The van der Waals surface area contributed by atoms with Gasteiger partial charge in [0.15, 0.2) is 0 Å². The fraction of sp³-hybridized carbons (Fsp3) is 0.375. The maximum Gasteiger partial charge on any atom is 0.326 e. The lowest BCUT2D eigenvalue weighted by Crippen LogP contribution is -2.28. The Hall–Kier alpha value is -1.43. The van der Waals surface area contributed by atoms with Crippen molar-refractivity contribution in [1.29, 1.82) is 0 Å². The summed E-state index contributed by atoms with van der Waals surface area (Å²) < 4.78 is 0. The van der Waals surface area contributed by atoms with Crippen LogP contribution in [0.1, 0.15) is 11.4 Å². The molecule has 1 rings (SSSR count). The van der Waals surface area contributed by atoms with Gasteiger partial charge in [-0.25, -0.2) is 4.79 Å². The Balaban J connectivity index is 2.64. The maximum absolute atomic E-state index is 10.7. The highest BCUT2D eigenvalue weighted by Gasteiger charge is 2.16. The molecule has 2 N–H and O–H groups in total. The minimum absolute atomic E-state index is 0.355. The van der Waals surface area contributed by atoms with Crippen molar-refractivity contribution in [3.05, 3.63) is 17.7 Å². The van der Waals surface area contributed by atoms with Crippen molar-refractivity contribution in [2.75, 3.05) is 5.32 Å². The normalized spacial score (nSPS) is 12.1. The van der Waals surface area contributed by atoms with Crippen LogP contribution in [-0.4, -0.2) is 27.3 Å². The molecule has 5 nitrogen and oxygen atoms in total. The fourth-order valence-electron chi connectivity index (χ4n) is 0.892. The molecule has 1 heterocycles. The van der Waals surface area contributed by atoms with Crippen molar-refractivity contribution >= 4 is 22.4 Å². The number of hydrogen-bond donors (Lipinski definition) is 2. The maximum atomic E-state index is 10.7. The Labute approximate surface area is 85.5 Å². The Bertz CT molecular complexity index is 337. The highest BCUT2D eigenvalue weighted by Crippen LogP contribution is 2.15. The van der Waals surface area contributed by atoms with Gasteiger partial charge < -0.3 is 10.4 Å². The molecule has 0 aliphatic rings. The molecular formula is C8H11N3O2S. The highest BCUT2D eigenvalue weighted by molar-refractivity contribution is 7.15. The Morgan fingerprint density at radius 1 is 1.79 bits per heavy atom. The summed E-state index contributed by atoms with van der Waals surface area (Å²) in [5, 5.41) is 20.5. The number of rotatable bonds is 5. The van der Waals surface area contributed by atoms with E-state index in [0.717, 1.165) is 5.01 Å². The van der Waals surface area contributed by atoms with Crippen LogP contribution in [0.25, 0.3) is 0 Å². The number of anilines is 1. The first-order valence-corrected chi connectivity index (χ1v) is 4.85. The third kappa shape index (κ3) is 2.81. The number of aryl methyl sites for hydroxylation is 1. The number of hydrogen-bond acceptors (Lipinski definition) is 5. The van der Waals surface area contributed by atoms with Crippen LogP contribution < -0.4 is 5.32 Å². The van der Waals surface area contributed by atoms with Crippen LogP contribution in [0.2, 0.25) is 0 Å². The average molecular weight is 213 g/mol. The van der Waals surface area contributed by atoms with E-state index < -0.39 is 12.0 Å². The van der Waals surface area contributed by atoms with Crippen LogP contribution in [0, 0.1) is 6.92 Å². The van der Waals surface area contributed by atoms with E-state index in [-0.39, 0.29) is 0 Å². The van der Waals surface area contributed by atoms with Crippen LogP contribution in [0.3, 0.4) is 0 Å². The molecule has 0 bridgehead atoms. The van der Waals surface area contributed by atoms with E-state index in [4.69, 9.17) is 5.11 Å². The molecule has 6 heteroatoms. The summed E-state index contributed by atoms with van der Waals surface area (Å²) in [5.41, 5.74) is 0. The molecule has 0 radical (unpaired) electrons. The third-order valence-electron chi connectivity index (χ3n) is 1.52. The molecule has 0 saturated heterocycles. The second kappa shape index (κ2) is 4.71. The number of aromatic nitrogens is 2. The second-order valence-corrected chi connectivity index (χ2v) is 3.87. The third-order valence-corrected chi connectivity index (χ3v) is 2.29. The van der Waals surface area contributed by atoms with Crippen molar-refractivity contribution in [1.82, 2.24) is 10.2 Å². The zero-order valence-corrected chi connectivity index (χ0v) is 8.54. The minimum atomic E-state index is -0.919. The molecule has 1 unspecified atom stereocenters. The van der Waals surface area contributed by atoms with Gasteiger partial charge in [0.2, 0.25) is 5.13 Å². The zero-order chi connectivity index (χ0) is 10.6. The lowest BCUT2D eigenvalue weighted by Gasteiger charge is -2.09. The molecule has 76 valence electrons. The van der Waals surface area contributed by atoms with Gasteiger partial charge >= 0.3 is 5.97 Å². The predicted octanol–water partition coefficient (Wildman–Crippen LogP) is 1.29. The summed E-state index contributed by atoms with van der Waals surface area (Å²) >= 11 is 1.33. The van der Waals surface area contributed by atoms with Crippen LogP contribution in [0.15, 0.2) is 12.7 Å². The van der Waals surface area contributed by atoms with E-state index in [9.17, 15) is 4.79 Å². The first-order valence-electron chi connectivity index (χ1n) is 4.04. The van der Waals surface area contributed by atoms with Gasteiger partial charge in [-0.05, 0) is 13.3 Å². The number of nitrogens with zero attached hydrogens (tertiary/aromatic N) is 2. The fourth-order valence-corrected chi connectivity index (χ4v) is 1.54. The van der Waals surface area contributed by atoms with Crippen molar-refractivity contribution in [3.8, 4) is 0 Å². The van der Waals surface area contributed by atoms with Crippen molar-refractivity contribution < 1.29 is 9.90 Å². The van der Waals surface area contributed by atoms with Crippen molar-refractivity contribution in [3.63, 3.8) is 0 Å². The lowest BCUT2D eigenvalue weighted by atomic mass is 10.2. The summed E-state index contributed by atoms with van der Waals surface area (Å²) in [4.78, 5) is 10.7. The molecular weight excluding hydrogens is 202 g/mol. The van der Waals surface area contributed by atoms with E-state index in [1.807, 2.05) is 6.92 Å². The van der Waals surface area contributed by atoms with Crippen molar-refractivity contribution in [2.24, 2.45) is 0 Å². The molecule has 0 saturated carbocycles. The van der Waals surface area contributed by atoms with E-state index in [2.05, 4.69) is 22.1 Å². The van der Waals surface area contributed by atoms with Gasteiger partial charge in [-0.2, -0.15) is 0 Å². The van der Waals surface area contributed by atoms with E-state index in [1.54, 1.807) is 6.08 Å². The first-order chi connectivity index (χ1) is 6.63. The number of carboxylic acid groups (broad SMARTS) is 1. The Morgan fingerprint density at radius 3 is 2.93 bits per heavy atom. The summed E-state index contributed by atoms with van der Waals surface area (Å²) in [7, 11) is 0. The monoisotopic (exact) mass is 213 g/mol. The molecule has 1 atom stereocenters. The van der Waals surface area contributed by atoms with Gasteiger partial charge in [-0.15, -0.1) is 16.8 Å². The molecule has 14 heavy (non-hydrogen) atoms. The van der Waals surface area contributed by atoms with Gasteiger partial charge in [0.1, 0.15) is 11.0 Å². The molecule has 0 fully saturated rings. The molecule has 0 aromatic carbocycles. The SMILES string of the molecule is C=CCC(Nc1nnc(C)s1)C(=O)O. The van der Waals surface area contributed by atoms with Gasteiger partial charge in [0.25, 0.3) is 0 Å². The minimum Gasteiger partial charge on any atom is -0.480 e. The Morgan fingerprint density at radius 2 is 2.50 bits per heavy atom. The Kier molecular flexibility index (Phi) is 3.58. The zero-order valence-electron chi connectivity index (χ0n) is 7.73. The van der Waals surface area contributed by atoms with Crippen LogP contribution >= 0.6 is 11.3 Å². The largest absolute Gasteiger partial charge is 0.480 e. The second-order valence-electron chi connectivity index (χ2n) is 2.69. The van der Waals surface area contributed by atoms with E-state index >= 15 is 0 Å². The van der Waals surface area contributed by atoms with Gasteiger partial charge in [0, 0.05) is 0 Å². The standard InChI is InChI=1S/C8H11N3O2S/c1-3-4-6(7(12)13)9-8-11-10-5(2)14-8/h3,6H,1,4H2,2H3,(H,9,11)(H,12,13). The van der Waals surface area contributed by atoms with Gasteiger partial charge in [0.05, 0.1) is 0 Å².